The summed E-state index contributed by atoms with van der Waals surface area (Å²) in [6, 6.07) is 8.62. The number of carbonyl (C=O) groups excluding carboxylic acids is 2. The van der Waals surface area contributed by atoms with Crippen LogP contribution in [-0.4, -0.2) is 59.5 Å². The molecule has 4 aromatic rings. The number of halogens is 4. The van der Waals surface area contributed by atoms with Crippen molar-refractivity contribution in [1.82, 2.24) is 14.9 Å². The fourth-order valence-corrected chi connectivity index (χ4v) is 5.84. The molecule has 3 heterocycles. The van der Waals surface area contributed by atoms with Crippen molar-refractivity contribution in [2.75, 3.05) is 16.7 Å². The van der Waals surface area contributed by atoms with Gasteiger partial charge in [0.2, 0.25) is 6.04 Å². The first-order valence-corrected chi connectivity index (χ1v) is 14.7. The molecule has 2 amide bonds. The number of rotatable bonds is 7. The smallest absolute Gasteiger partial charge is 0.479 e. The number of carbonyl (C=O) groups is 3. The quantitative estimate of drug-likeness (QED) is 0.245. The van der Waals surface area contributed by atoms with Crippen molar-refractivity contribution in [3.8, 4) is 11.3 Å². The van der Waals surface area contributed by atoms with Crippen LogP contribution in [-0.2, 0) is 32.6 Å². The Bertz CT molecular complexity index is 1920. The van der Waals surface area contributed by atoms with Crippen LogP contribution in [0.3, 0.4) is 0 Å². The van der Waals surface area contributed by atoms with Crippen molar-refractivity contribution in [3.63, 3.8) is 0 Å². The standard InChI is InChI=1S/C26H21BrF3N5O7S/c1-3-17-31-22-20(23(36)32-19(25(38)39)24(37)34(22)2)35(17)11-12-8-9-16-14(10-12)18(27)21(42-16)13-6-4-5-7-15(13)33-43(40,41)26(28,29)30/h4-10,19,33H,3,11H2,1-2H3,(H,32,36)(H,38,39). The third kappa shape index (κ3) is 5.22. The summed E-state index contributed by atoms with van der Waals surface area (Å²) < 4.78 is 72.0. The second kappa shape index (κ2) is 10.7. The highest BCUT2D eigenvalue weighted by atomic mass is 79.9. The van der Waals surface area contributed by atoms with Crippen LogP contribution < -0.4 is 14.9 Å². The third-order valence-electron chi connectivity index (χ3n) is 6.73. The Labute approximate surface area is 249 Å². The van der Waals surface area contributed by atoms with Crippen LogP contribution >= 0.6 is 15.9 Å². The first-order chi connectivity index (χ1) is 20.1. The number of alkyl halides is 3. The minimum absolute atomic E-state index is 0.00521. The number of fused-ring (bicyclic) bond motifs is 2. The van der Waals surface area contributed by atoms with Crippen LogP contribution in [0.25, 0.3) is 22.3 Å². The highest BCUT2D eigenvalue weighted by Gasteiger charge is 2.46. The number of nitrogens with zero attached hydrogens (tertiary/aromatic N) is 3. The molecule has 226 valence electrons. The topological polar surface area (TPSA) is 164 Å². The van der Waals surface area contributed by atoms with Crippen molar-refractivity contribution in [2.45, 2.75) is 31.4 Å². The van der Waals surface area contributed by atoms with E-state index in [1.54, 1.807) is 34.4 Å². The number of likely N-dealkylation sites (N-methyl/N-ethyl adjacent to an activating group) is 1. The molecule has 1 atom stereocenters. The van der Waals surface area contributed by atoms with Gasteiger partial charge >= 0.3 is 21.5 Å². The van der Waals surface area contributed by atoms with E-state index >= 15 is 0 Å². The van der Waals surface area contributed by atoms with Crippen LogP contribution in [0.2, 0.25) is 0 Å². The molecule has 0 saturated carbocycles. The van der Waals surface area contributed by atoms with E-state index in [1.165, 1.54) is 31.3 Å². The summed E-state index contributed by atoms with van der Waals surface area (Å²) in [6.07, 6.45) is 0.372. The molecule has 0 bridgehead atoms. The predicted molar refractivity (Wildman–Crippen MR) is 151 cm³/mol. The molecule has 12 nitrogen and oxygen atoms in total. The highest BCUT2D eigenvalue weighted by Crippen LogP contribution is 2.42. The van der Waals surface area contributed by atoms with Crippen LogP contribution in [0.15, 0.2) is 51.4 Å². The summed E-state index contributed by atoms with van der Waals surface area (Å²) in [5.41, 5.74) is -4.89. The molecule has 0 radical (unpaired) electrons. The Kier molecular flexibility index (Phi) is 7.50. The number of furan rings is 1. The number of para-hydroxylation sites is 1. The average Bonchev–Trinajstić information content (AvgIpc) is 3.44. The van der Waals surface area contributed by atoms with Gasteiger partial charge in [-0.1, -0.05) is 25.1 Å². The summed E-state index contributed by atoms with van der Waals surface area (Å²) in [6.45, 7) is 1.87. The summed E-state index contributed by atoms with van der Waals surface area (Å²) in [4.78, 5) is 42.8. The molecule has 2 aromatic carbocycles. The van der Waals surface area contributed by atoms with E-state index < -0.39 is 39.4 Å². The minimum Gasteiger partial charge on any atom is -0.479 e. The van der Waals surface area contributed by atoms with Gasteiger partial charge in [0.15, 0.2) is 17.3 Å². The van der Waals surface area contributed by atoms with Crippen molar-refractivity contribution < 1.29 is 45.5 Å². The number of nitrogens with one attached hydrogen (secondary N) is 2. The van der Waals surface area contributed by atoms with Gasteiger partial charge in [-0.25, -0.2) is 9.78 Å². The van der Waals surface area contributed by atoms with E-state index in [0.29, 0.717) is 33.3 Å². The van der Waals surface area contributed by atoms with Gasteiger partial charge in [-0.15, -0.1) is 0 Å². The number of sulfonamides is 1. The van der Waals surface area contributed by atoms with Gasteiger partial charge in [0.1, 0.15) is 11.4 Å². The number of aliphatic carboxylic acids is 1. The van der Waals surface area contributed by atoms with E-state index in [1.807, 2.05) is 0 Å². The Morgan fingerprint density at radius 2 is 1.91 bits per heavy atom. The molecule has 43 heavy (non-hydrogen) atoms. The molecule has 3 N–H and O–H groups in total. The summed E-state index contributed by atoms with van der Waals surface area (Å²) in [5.74, 6) is -2.64. The first-order valence-electron chi connectivity index (χ1n) is 12.4. The maximum absolute atomic E-state index is 13.1. The minimum atomic E-state index is -5.70. The fraction of sp³-hybridized carbons (Fsp3) is 0.231. The van der Waals surface area contributed by atoms with E-state index in [9.17, 15) is 41.1 Å². The van der Waals surface area contributed by atoms with Gasteiger partial charge in [-0.3, -0.25) is 19.2 Å². The van der Waals surface area contributed by atoms with Gasteiger partial charge in [0, 0.05) is 31.0 Å². The number of carboxylic acids is 1. The van der Waals surface area contributed by atoms with E-state index in [0.717, 1.165) is 4.90 Å². The normalized spacial score (nSPS) is 15.8. The van der Waals surface area contributed by atoms with Gasteiger partial charge in [-0.05, 0) is 45.8 Å². The Morgan fingerprint density at radius 3 is 2.56 bits per heavy atom. The lowest BCUT2D eigenvalue weighted by molar-refractivity contribution is -0.142. The monoisotopic (exact) mass is 683 g/mol. The molecule has 1 unspecified atom stereocenters. The number of aromatic nitrogens is 2. The maximum atomic E-state index is 13.1. The molecular formula is C26H21BrF3N5O7S. The van der Waals surface area contributed by atoms with Crippen molar-refractivity contribution in [3.05, 3.63) is 64.0 Å². The average molecular weight is 684 g/mol. The lowest BCUT2D eigenvalue weighted by atomic mass is 10.1. The molecule has 0 spiro atoms. The van der Waals surface area contributed by atoms with Crippen LogP contribution in [0.4, 0.5) is 24.7 Å². The van der Waals surface area contributed by atoms with E-state index in [2.05, 4.69) is 26.2 Å². The van der Waals surface area contributed by atoms with Crippen LogP contribution in [0, 0.1) is 0 Å². The number of aryl methyl sites for hydroxylation is 1. The largest absolute Gasteiger partial charge is 0.516 e. The van der Waals surface area contributed by atoms with Gasteiger partial charge in [-0.2, -0.15) is 21.6 Å². The molecule has 0 aliphatic carbocycles. The SMILES string of the molecule is CCc1nc2c(n1Cc1ccc3oc(-c4ccccc4NS(=O)(=O)C(F)(F)F)c(Br)c3c1)C(=O)NC(C(=O)O)C(=O)N2C. The first kappa shape index (κ1) is 30.1. The number of imidazole rings is 1. The zero-order valence-electron chi connectivity index (χ0n) is 22.2. The number of amides is 2. The van der Waals surface area contributed by atoms with Crippen molar-refractivity contribution >= 4 is 66.2 Å². The fourth-order valence-electron chi connectivity index (χ4n) is 4.65. The highest BCUT2D eigenvalue weighted by molar-refractivity contribution is 9.10. The molecular weight excluding hydrogens is 663 g/mol. The van der Waals surface area contributed by atoms with Crippen molar-refractivity contribution in [2.24, 2.45) is 0 Å². The third-order valence-corrected chi connectivity index (χ3v) is 8.62. The van der Waals surface area contributed by atoms with E-state index in [4.69, 9.17) is 4.42 Å². The number of carboxylic acid groups (broad SMARTS) is 1. The number of benzene rings is 2. The maximum Gasteiger partial charge on any atom is 0.516 e. The summed E-state index contributed by atoms with van der Waals surface area (Å²) >= 11 is 3.42. The Hall–Kier alpha value is -4.38. The molecule has 2 aromatic heterocycles. The van der Waals surface area contributed by atoms with Gasteiger partial charge in [0.25, 0.3) is 11.8 Å². The Morgan fingerprint density at radius 1 is 1.21 bits per heavy atom. The van der Waals surface area contributed by atoms with Gasteiger partial charge in [0.05, 0.1) is 10.2 Å². The predicted octanol–water partition coefficient (Wildman–Crippen LogP) is 4.09. The number of anilines is 2. The summed E-state index contributed by atoms with van der Waals surface area (Å²) in [7, 11) is -4.37. The molecule has 1 aliphatic heterocycles. The zero-order chi connectivity index (χ0) is 31.4. The number of hydrogen-bond donors (Lipinski definition) is 3. The zero-order valence-corrected chi connectivity index (χ0v) is 24.6. The molecule has 17 heteroatoms. The molecule has 0 fully saturated rings. The Balaban J connectivity index is 1.55. The van der Waals surface area contributed by atoms with E-state index in [-0.39, 0.29) is 35.1 Å². The van der Waals surface area contributed by atoms with Crippen LogP contribution in [0.5, 0.6) is 0 Å². The lowest BCUT2D eigenvalue weighted by Crippen LogP contribution is -2.49. The van der Waals surface area contributed by atoms with Crippen molar-refractivity contribution in [1.29, 1.82) is 0 Å². The molecule has 1 aliphatic rings. The molecule has 0 saturated heterocycles. The number of hydrogen-bond acceptors (Lipinski definition) is 7. The second-order valence-corrected chi connectivity index (χ2v) is 11.9. The van der Waals surface area contributed by atoms with Gasteiger partial charge < -0.3 is 19.4 Å². The lowest BCUT2D eigenvalue weighted by Gasteiger charge is -2.16. The van der Waals surface area contributed by atoms with Crippen LogP contribution in [0.1, 0.15) is 28.8 Å². The second-order valence-electron chi connectivity index (χ2n) is 9.45. The summed E-state index contributed by atoms with van der Waals surface area (Å²) in [5, 5.41) is 12.2. The molecule has 5 rings (SSSR count).